The van der Waals surface area contributed by atoms with Gasteiger partial charge in [-0.15, -0.1) is 10.2 Å². The summed E-state index contributed by atoms with van der Waals surface area (Å²) in [4.78, 5) is 10.5. The van der Waals surface area contributed by atoms with Gasteiger partial charge in [-0.1, -0.05) is 0 Å². The van der Waals surface area contributed by atoms with E-state index in [0.717, 1.165) is 11.4 Å². The van der Waals surface area contributed by atoms with Crippen molar-refractivity contribution in [1.82, 2.24) is 14.9 Å². The first kappa shape index (κ1) is 32.5. The summed E-state index contributed by atoms with van der Waals surface area (Å²) in [6, 6.07) is 13.0. The second-order valence-corrected chi connectivity index (χ2v) is 16.5. The van der Waals surface area contributed by atoms with Crippen molar-refractivity contribution in [3.63, 3.8) is 0 Å². The van der Waals surface area contributed by atoms with Gasteiger partial charge in [0, 0.05) is 40.9 Å². The molecule has 3 rings (SSSR count). The van der Waals surface area contributed by atoms with E-state index in [9.17, 15) is 10.1 Å². The summed E-state index contributed by atoms with van der Waals surface area (Å²) in [5.41, 5.74) is -1.49. The molecule has 0 aliphatic carbocycles. The number of nitro groups is 1. The highest BCUT2D eigenvalue weighted by molar-refractivity contribution is 8.67. The van der Waals surface area contributed by atoms with Crippen LogP contribution in [0.5, 0.6) is 5.75 Å². The fraction of sp³-hybridized carbons (Fsp3) is 0.348. The molecule has 0 saturated heterocycles. The average molecular weight is 646 g/mol. The quantitative estimate of drug-likeness (QED) is 0.0702. The number of aromatic nitrogens is 3. The SMILES string of the molecule is CCOP(=S)(OCC)Oc1ccc(-c2nnc(SP(=S)(OCC)OCC)n2/N=C/c2ccc([N+](=O)[O-])cc2)cc1. The summed E-state index contributed by atoms with van der Waals surface area (Å²) in [5, 5.41) is 24.6. The Bertz CT molecular complexity index is 1380. The van der Waals surface area contributed by atoms with Crippen LogP contribution in [0.3, 0.4) is 0 Å². The monoisotopic (exact) mass is 645 g/mol. The van der Waals surface area contributed by atoms with Gasteiger partial charge in [0.05, 0.1) is 37.6 Å². The van der Waals surface area contributed by atoms with Gasteiger partial charge in [-0.3, -0.25) is 19.2 Å². The molecule has 40 heavy (non-hydrogen) atoms. The van der Waals surface area contributed by atoms with Crippen molar-refractivity contribution < 1.29 is 27.5 Å². The molecule has 1 aromatic heterocycles. The highest BCUT2D eigenvalue weighted by Crippen LogP contribution is 2.63. The lowest BCUT2D eigenvalue weighted by Gasteiger charge is -2.21. The number of rotatable bonds is 16. The summed E-state index contributed by atoms with van der Waals surface area (Å²) in [7, 11) is 0. The van der Waals surface area contributed by atoms with Crippen LogP contribution >= 0.6 is 23.8 Å². The Labute approximate surface area is 246 Å². The first-order valence-corrected chi connectivity index (χ1v) is 18.8. The Balaban J connectivity index is 1.98. The molecular formula is C23H29N5O7P2S3. The van der Waals surface area contributed by atoms with Crippen LogP contribution in [0.25, 0.3) is 11.4 Å². The molecule has 0 unspecified atom stereocenters. The molecule has 3 aromatic rings. The van der Waals surface area contributed by atoms with Crippen molar-refractivity contribution in [2.45, 2.75) is 32.9 Å². The van der Waals surface area contributed by atoms with E-state index in [2.05, 4.69) is 15.3 Å². The number of hydrogen-bond acceptors (Lipinski definition) is 13. The van der Waals surface area contributed by atoms with Crippen molar-refractivity contribution in [3.05, 3.63) is 64.2 Å². The molecule has 0 spiro atoms. The molecule has 0 aliphatic heterocycles. The first-order chi connectivity index (χ1) is 19.2. The molecule has 2 aromatic carbocycles. The Kier molecular flexibility index (Phi) is 12.4. The van der Waals surface area contributed by atoms with Crippen molar-refractivity contribution in [3.8, 4) is 17.1 Å². The zero-order valence-electron chi connectivity index (χ0n) is 22.2. The zero-order chi connectivity index (χ0) is 29.2. The van der Waals surface area contributed by atoms with E-state index >= 15 is 0 Å². The topological polar surface area (TPSA) is 132 Å². The van der Waals surface area contributed by atoms with E-state index in [1.165, 1.54) is 16.8 Å². The lowest BCUT2D eigenvalue weighted by molar-refractivity contribution is -0.384. The summed E-state index contributed by atoms with van der Waals surface area (Å²) in [5.74, 6) is 0.892. The Morgan fingerprint density at radius 3 is 2.02 bits per heavy atom. The number of nitro benzene ring substituents is 1. The van der Waals surface area contributed by atoms with Gasteiger partial charge < -0.3 is 13.6 Å². The van der Waals surface area contributed by atoms with E-state index in [4.69, 9.17) is 46.2 Å². The number of benzene rings is 2. The van der Waals surface area contributed by atoms with Crippen molar-refractivity contribution in [2.75, 3.05) is 26.4 Å². The van der Waals surface area contributed by atoms with Crippen LogP contribution in [-0.2, 0) is 41.7 Å². The third kappa shape index (κ3) is 8.97. The smallest absolute Gasteiger partial charge is 0.380 e. The third-order valence-electron chi connectivity index (χ3n) is 4.71. The summed E-state index contributed by atoms with van der Waals surface area (Å²) in [6.07, 6.45) is 1.54. The van der Waals surface area contributed by atoms with Crippen molar-refractivity contribution >= 4 is 59.3 Å². The molecule has 12 nitrogen and oxygen atoms in total. The molecule has 0 atom stereocenters. The molecule has 0 bridgehead atoms. The van der Waals surface area contributed by atoms with Gasteiger partial charge in [-0.05, 0) is 81.5 Å². The summed E-state index contributed by atoms with van der Waals surface area (Å²) in [6.45, 7) is 5.86. The molecule has 17 heteroatoms. The van der Waals surface area contributed by atoms with Crippen LogP contribution < -0.4 is 4.52 Å². The molecule has 0 aliphatic rings. The second kappa shape index (κ2) is 15.2. The van der Waals surface area contributed by atoms with Gasteiger partial charge in [0.1, 0.15) is 5.75 Å². The molecular weight excluding hydrogens is 616 g/mol. The van der Waals surface area contributed by atoms with Gasteiger partial charge in [0.2, 0.25) is 5.16 Å². The molecule has 0 N–H and O–H groups in total. The Hall–Kier alpha value is -2.06. The molecule has 0 fully saturated rings. The number of hydrogen-bond donors (Lipinski definition) is 0. The highest BCUT2D eigenvalue weighted by Gasteiger charge is 2.26. The largest absolute Gasteiger partial charge is 0.424 e. The highest BCUT2D eigenvalue weighted by atomic mass is 32.9. The normalized spacial score (nSPS) is 12.2. The fourth-order valence-corrected chi connectivity index (χ4v) is 9.63. The Morgan fingerprint density at radius 1 is 0.925 bits per heavy atom. The van der Waals surface area contributed by atoms with Gasteiger partial charge in [0.15, 0.2) is 5.82 Å². The van der Waals surface area contributed by atoms with Gasteiger partial charge in [-0.2, -0.15) is 9.78 Å². The summed E-state index contributed by atoms with van der Waals surface area (Å²) < 4.78 is 30.0. The lowest BCUT2D eigenvalue weighted by Crippen LogP contribution is -2.02. The molecule has 216 valence electrons. The van der Waals surface area contributed by atoms with E-state index in [1.54, 1.807) is 42.6 Å². The zero-order valence-corrected chi connectivity index (χ0v) is 26.5. The minimum absolute atomic E-state index is 0.0194. The maximum atomic E-state index is 11.0. The third-order valence-corrected chi connectivity index (χ3v) is 12.0. The molecule has 0 saturated carbocycles. The molecule has 0 amide bonds. The first-order valence-electron chi connectivity index (χ1n) is 12.2. The minimum atomic E-state index is -2.93. The second-order valence-electron chi connectivity index (χ2n) is 7.48. The van der Waals surface area contributed by atoms with Crippen LogP contribution in [0, 0.1) is 10.1 Å². The van der Waals surface area contributed by atoms with E-state index in [0.29, 0.717) is 54.3 Å². The maximum absolute atomic E-state index is 11.0. The van der Waals surface area contributed by atoms with Crippen molar-refractivity contribution in [1.29, 1.82) is 0 Å². The van der Waals surface area contributed by atoms with Gasteiger partial charge >= 0.3 is 6.72 Å². The lowest BCUT2D eigenvalue weighted by atomic mass is 10.2. The van der Waals surface area contributed by atoms with Crippen LogP contribution in [-0.4, -0.2) is 52.4 Å². The minimum Gasteiger partial charge on any atom is -0.424 e. The summed E-state index contributed by atoms with van der Waals surface area (Å²) >= 11 is 12.3. The molecule has 0 radical (unpaired) electrons. The van der Waals surface area contributed by atoms with Crippen LogP contribution in [0.1, 0.15) is 33.3 Å². The maximum Gasteiger partial charge on any atom is 0.380 e. The number of nitrogens with zero attached hydrogens (tertiary/aromatic N) is 5. The van der Waals surface area contributed by atoms with Crippen LogP contribution in [0.2, 0.25) is 0 Å². The number of non-ortho nitro benzene ring substituents is 1. The predicted molar refractivity (Wildman–Crippen MR) is 163 cm³/mol. The Morgan fingerprint density at radius 2 is 1.50 bits per heavy atom. The van der Waals surface area contributed by atoms with E-state index in [-0.39, 0.29) is 5.69 Å². The van der Waals surface area contributed by atoms with Gasteiger partial charge in [0.25, 0.3) is 11.4 Å². The predicted octanol–water partition coefficient (Wildman–Crippen LogP) is 6.80. The average Bonchev–Trinajstić information content (AvgIpc) is 3.30. The van der Waals surface area contributed by atoms with Crippen molar-refractivity contribution in [2.24, 2.45) is 5.10 Å². The van der Waals surface area contributed by atoms with Crippen LogP contribution in [0.15, 0.2) is 58.8 Å². The molecule has 1 heterocycles. The van der Waals surface area contributed by atoms with Gasteiger partial charge in [-0.25, -0.2) is 0 Å². The van der Waals surface area contributed by atoms with E-state index in [1.807, 2.05) is 27.7 Å². The van der Waals surface area contributed by atoms with E-state index < -0.39 is 17.3 Å². The fourth-order valence-electron chi connectivity index (χ4n) is 3.12. The standard InChI is InChI=1S/C23H29N5O7P2S3/c1-5-31-36(38,32-6-2)35-21-15-11-19(12-16-21)22-25-26-23(40-37(39,33-7-3)34-8-4)27(22)24-17-18-9-13-20(14-10-18)28(29)30/h9-17H,5-8H2,1-4H3/b24-17+. The van der Waals surface area contributed by atoms with Crippen LogP contribution in [0.4, 0.5) is 5.69 Å².